The van der Waals surface area contributed by atoms with Crippen LogP contribution in [-0.2, 0) is 25.5 Å². The van der Waals surface area contributed by atoms with E-state index in [1.807, 2.05) is 38.1 Å². The lowest BCUT2D eigenvalue weighted by Gasteiger charge is -2.35. The molecule has 2 N–H and O–H groups in total. The molecule has 2 saturated heterocycles. The number of nitrogens with zero attached hydrogens (tertiary/aromatic N) is 2. The van der Waals surface area contributed by atoms with Gasteiger partial charge in [0.1, 0.15) is 35.3 Å². The highest BCUT2D eigenvalue weighted by Gasteiger charge is 2.48. The number of fused-ring (bicyclic) bond motifs is 3. The Morgan fingerprint density at radius 1 is 1.19 bits per heavy atom. The van der Waals surface area contributed by atoms with Crippen molar-refractivity contribution in [3.8, 4) is 0 Å². The number of ether oxygens (including phenoxy) is 2. The van der Waals surface area contributed by atoms with Crippen molar-refractivity contribution in [3.05, 3.63) is 52.0 Å². The quantitative estimate of drug-likeness (QED) is 0.542. The molecule has 6 rings (SSSR count). The molecule has 188 valence electrons. The van der Waals surface area contributed by atoms with E-state index in [9.17, 15) is 14.4 Å². The number of anilines is 1. The first-order valence-corrected chi connectivity index (χ1v) is 13.0. The fourth-order valence-corrected chi connectivity index (χ4v) is 6.38. The summed E-state index contributed by atoms with van der Waals surface area (Å²) in [4.78, 5) is 46.7. The van der Waals surface area contributed by atoms with E-state index in [4.69, 9.17) is 21.1 Å². The molecule has 3 aliphatic rings. The van der Waals surface area contributed by atoms with Gasteiger partial charge in [-0.05, 0) is 37.6 Å². The molecule has 11 heteroatoms. The number of aromatic amines is 1. The number of hydrogen-bond donors (Lipinski definition) is 2. The fourth-order valence-electron chi connectivity index (χ4n) is 5.25. The van der Waals surface area contributed by atoms with Gasteiger partial charge >= 0.3 is 0 Å². The lowest BCUT2D eigenvalue weighted by molar-refractivity contribution is -0.160. The highest BCUT2D eigenvalue weighted by molar-refractivity contribution is 7.22. The van der Waals surface area contributed by atoms with Crippen molar-refractivity contribution in [1.29, 1.82) is 0 Å². The van der Waals surface area contributed by atoms with Crippen LogP contribution in [-0.4, -0.2) is 71.3 Å². The number of likely N-dealkylation sites (tertiary alicyclic amines) is 1. The number of carbonyl (C=O) groups excluding carboxylic acids is 3. The molecule has 5 heterocycles. The van der Waals surface area contributed by atoms with E-state index >= 15 is 0 Å². The van der Waals surface area contributed by atoms with Gasteiger partial charge in [0.15, 0.2) is 5.79 Å². The van der Waals surface area contributed by atoms with Gasteiger partial charge in [0.2, 0.25) is 11.8 Å². The molecular formula is C25H25ClN4O5S. The fraction of sp³-hybridized carbons (Fsp3) is 0.400. The summed E-state index contributed by atoms with van der Waals surface area (Å²) >= 11 is 7.37. The summed E-state index contributed by atoms with van der Waals surface area (Å²) in [5.74, 6) is -1.55. The number of hydrogen-bond acceptors (Lipinski definition) is 6. The van der Waals surface area contributed by atoms with Crippen LogP contribution in [0.1, 0.15) is 29.9 Å². The Bertz CT molecular complexity index is 1340. The van der Waals surface area contributed by atoms with E-state index in [-0.39, 0.29) is 36.5 Å². The Hall–Kier alpha value is -2.92. The number of aromatic nitrogens is 1. The third-order valence-electron chi connectivity index (χ3n) is 6.83. The predicted octanol–water partition coefficient (Wildman–Crippen LogP) is 2.93. The van der Waals surface area contributed by atoms with E-state index in [2.05, 4.69) is 10.3 Å². The van der Waals surface area contributed by atoms with Crippen molar-refractivity contribution < 1.29 is 23.9 Å². The van der Waals surface area contributed by atoms with E-state index in [0.717, 1.165) is 15.8 Å². The minimum Gasteiger partial charge on any atom is -0.343 e. The van der Waals surface area contributed by atoms with Crippen LogP contribution >= 0.6 is 22.9 Å². The van der Waals surface area contributed by atoms with Gasteiger partial charge in [-0.25, -0.2) is 0 Å². The van der Waals surface area contributed by atoms with Crippen LogP contribution < -0.4 is 10.2 Å². The predicted molar refractivity (Wildman–Crippen MR) is 135 cm³/mol. The second kappa shape index (κ2) is 8.58. The molecule has 1 unspecified atom stereocenters. The molecule has 3 aliphatic heterocycles. The maximum atomic E-state index is 13.5. The Labute approximate surface area is 216 Å². The molecule has 1 aromatic carbocycles. The zero-order valence-electron chi connectivity index (χ0n) is 19.7. The smallest absolute Gasteiger partial charge is 0.268 e. The van der Waals surface area contributed by atoms with E-state index < -0.39 is 11.8 Å². The molecule has 9 nitrogen and oxygen atoms in total. The molecular weight excluding hydrogens is 504 g/mol. The van der Waals surface area contributed by atoms with Gasteiger partial charge in [0.05, 0.1) is 4.34 Å². The largest absolute Gasteiger partial charge is 0.343 e. The van der Waals surface area contributed by atoms with Gasteiger partial charge in [-0.1, -0.05) is 29.8 Å². The summed E-state index contributed by atoms with van der Waals surface area (Å²) in [7, 11) is 0. The van der Waals surface area contributed by atoms with Crippen LogP contribution in [0.15, 0.2) is 36.4 Å². The second-order valence-corrected chi connectivity index (χ2v) is 11.5. The minimum absolute atomic E-state index is 0.123. The third kappa shape index (κ3) is 4.17. The SMILES string of the molecule is CC1(C)O[C@H]2CN(C(=O)CN3C(=O)C(NC(=O)c4cc5cc(Cl)sc5[nH]4)Cc4ccccc43)C[C@H]2O1. The number of thiophene rings is 1. The Balaban J connectivity index is 1.18. The average molecular weight is 529 g/mol. The maximum absolute atomic E-state index is 13.5. The summed E-state index contributed by atoms with van der Waals surface area (Å²) < 4.78 is 12.4. The number of para-hydroxylation sites is 1. The summed E-state index contributed by atoms with van der Waals surface area (Å²) in [5.41, 5.74) is 1.93. The van der Waals surface area contributed by atoms with Crippen LogP contribution in [0.4, 0.5) is 5.69 Å². The van der Waals surface area contributed by atoms with Gasteiger partial charge in [-0.2, -0.15) is 0 Å². The van der Waals surface area contributed by atoms with Crippen molar-refractivity contribution in [2.75, 3.05) is 24.5 Å². The van der Waals surface area contributed by atoms with Crippen LogP contribution in [0.3, 0.4) is 0 Å². The number of rotatable bonds is 4. The maximum Gasteiger partial charge on any atom is 0.268 e. The van der Waals surface area contributed by atoms with Gasteiger partial charge in [0, 0.05) is 30.6 Å². The summed E-state index contributed by atoms with van der Waals surface area (Å²) in [6, 6.07) is 10.2. The number of carbonyl (C=O) groups is 3. The van der Waals surface area contributed by atoms with Crippen molar-refractivity contribution in [2.24, 2.45) is 0 Å². The molecule has 0 aliphatic carbocycles. The number of benzene rings is 1. The van der Waals surface area contributed by atoms with E-state index in [1.165, 1.54) is 16.2 Å². The van der Waals surface area contributed by atoms with Crippen molar-refractivity contribution in [3.63, 3.8) is 0 Å². The molecule has 0 spiro atoms. The van der Waals surface area contributed by atoms with Gasteiger partial charge in [0.25, 0.3) is 5.91 Å². The van der Waals surface area contributed by atoms with Crippen LogP contribution in [0, 0.1) is 0 Å². The number of amides is 3. The van der Waals surface area contributed by atoms with Crippen molar-refractivity contribution in [1.82, 2.24) is 15.2 Å². The van der Waals surface area contributed by atoms with Gasteiger partial charge in [-0.15, -0.1) is 11.3 Å². The Morgan fingerprint density at radius 2 is 1.92 bits per heavy atom. The Morgan fingerprint density at radius 3 is 2.64 bits per heavy atom. The number of H-pyrrole nitrogens is 1. The van der Waals surface area contributed by atoms with Gasteiger partial charge in [-0.3, -0.25) is 14.4 Å². The van der Waals surface area contributed by atoms with Crippen molar-refractivity contribution in [2.45, 2.75) is 44.3 Å². The molecule has 0 bridgehead atoms. The first kappa shape index (κ1) is 23.5. The molecule has 3 atom stereocenters. The lowest BCUT2D eigenvalue weighted by Crippen LogP contribution is -2.55. The average Bonchev–Trinajstić information content (AvgIpc) is 3.54. The number of halogens is 1. The molecule has 3 aromatic rings. The number of nitrogens with one attached hydrogen (secondary N) is 2. The van der Waals surface area contributed by atoms with Crippen LogP contribution in [0.5, 0.6) is 0 Å². The van der Waals surface area contributed by atoms with E-state index in [0.29, 0.717) is 35.2 Å². The topological polar surface area (TPSA) is 104 Å². The highest BCUT2D eigenvalue weighted by atomic mass is 35.5. The molecule has 2 fully saturated rings. The molecule has 0 radical (unpaired) electrons. The van der Waals surface area contributed by atoms with Crippen LogP contribution in [0.25, 0.3) is 10.2 Å². The molecule has 3 amide bonds. The summed E-state index contributed by atoms with van der Waals surface area (Å²) in [6.45, 7) is 4.44. The first-order valence-electron chi connectivity index (χ1n) is 11.8. The van der Waals surface area contributed by atoms with Crippen molar-refractivity contribution >= 4 is 56.6 Å². The normalized spacial score (nSPS) is 24.8. The summed E-state index contributed by atoms with van der Waals surface area (Å²) in [6.07, 6.45) is -0.00646. The monoisotopic (exact) mass is 528 g/mol. The zero-order chi connectivity index (χ0) is 25.2. The zero-order valence-corrected chi connectivity index (χ0v) is 21.3. The lowest BCUT2D eigenvalue weighted by atomic mass is 9.96. The standard InChI is InChI=1S/C25H25ClN4O5S/c1-25(2)34-18-10-29(11-19(18)35-25)21(31)12-30-17-6-4-3-5-13(17)7-16(24(30)33)27-22(32)15-8-14-9-20(26)36-23(14)28-15/h3-6,8-9,16,18-19,28H,7,10-12H2,1-2H3,(H,27,32)/t16?,18-,19+. The Kier molecular flexibility index (Phi) is 5.60. The molecule has 36 heavy (non-hydrogen) atoms. The third-order valence-corrected chi connectivity index (χ3v) is 8.03. The first-order chi connectivity index (χ1) is 17.2. The van der Waals surface area contributed by atoms with Crippen LogP contribution in [0.2, 0.25) is 4.34 Å². The minimum atomic E-state index is -0.796. The molecule has 0 saturated carbocycles. The van der Waals surface area contributed by atoms with Gasteiger partial charge < -0.3 is 29.6 Å². The molecule has 2 aromatic heterocycles. The summed E-state index contributed by atoms with van der Waals surface area (Å²) in [5, 5.41) is 3.69. The second-order valence-electron chi connectivity index (χ2n) is 9.81. The highest BCUT2D eigenvalue weighted by Crippen LogP contribution is 2.34. The van der Waals surface area contributed by atoms with E-state index in [1.54, 1.807) is 17.0 Å².